The quantitative estimate of drug-likeness (QED) is 0.601. The second-order valence-electron chi connectivity index (χ2n) is 4.72. The Morgan fingerprint density at radius 2 is 2.29 bits per heavy atom. The molecule has 112 valence electrons. The van der Waals surface area contributed by atoms with Gasteiger partial charge in [0.15, 0.2) is 0 Å². The first-order chi connectivity index (χ1) is 9.95. The predicted molar refractivity (Wildman–Crippen MR) is 84.1 cm³/mol. The van der Waals surface area contributed by atoms with Crippen LogP contribution in [0.1, 0.15) is 25.5 Å². The molecule has 1 aromatic rings. The predicted octanol–water partition coefficient (Wildman–Crippen LogP) is 1.14. The van der Waals surface area contributed by atoms with Crippen LogP contribution in [0.4, 0.5) is 0 Å². The molecule has 1 fully saturated rings. The van der Waals surface area contributed by atoms with Crippen molar-refractivity contribution in [3.63, 3.8) is 0 Å². The lowest BCUT2D eigenvalue weighted by molar-refractivity contribution is -0.310. The third-order valence-electron chi connectivity index (χ3n) is 3.23. The van der Waals surface area contributed by atoms with Crippen molar-refractivity contribution in [1.29, 1.82) is 0 Å². The second-order valence-corrected chi connectivity index (χ2v) is 6.39. The highest BCUT2D eigenvalue weighted by Gasteiger charge is 2.37. The largest absolute Gasteiger partial charge is 0.548 e. The van der Waals surface area contributed by atoms with E-state index in [0.29, 0.717) is 17.7 Å². The van der Waals surface area contributed by atoms with Gasteiger partial charge in [0, 0.05) is 18.9 Å². The molecule has 21 heavy (non-hydrogen) atoms. The van der Waals surface area contributed by atoms with Gasteiger partial charge in [-0.1, -0.05) is 37.3 Å². The minimum absolute atomic E-state index is 0.267. The molecule has 1 aliphatic rings. The molecule has 1 saturated heterocycles. The number of aryl methyl sites for hydroxylation is 1. The fraction of sp³-hybridized carbons (Fsp3) is 0.357. The van der Waals surface area contributed by atoms with Crippen molar-refractivity contribution >= 4 is 46.3 Å². The average molecular weight is 323 g/mol. The Balaban J connectivity index is 2.30. The van der Waals surface area contributed by atoms with Gasteiger partial charge in [0.25, 0.3) is 5.91 Å². The van der Waals surface area contributed by atoms with Gasteiger partial charge in [-0.15, -0.1) is 0 Å². The lowest BCUT2D eigenvalue weighted by atomic mass is 10.1. The Labute approximate surface area is 132 Å². The van der Waals surface area contributed by atoms with Gasteiger partial charge < -0.3 is 14.5 Å². The molecule has 0 radical (unpaired) electrons. The van der Waals surface area contributed by atoms with Gasteiger partial charge in [0.05, 0.1) is 16.9 Å². The van der Waals surface area contributed by atoms with Crippen molar-refractivity contribution in [1.82, 2.24) is 9.47 Å². The molecule has 0 aromatic carbocycles. The minimum Gasteiger partial charge on any atom is -0.548 e. The zero-order valence-electron chi connectivity index (χ0n) is 11.7. The van der Waals surface area contributed by atoms with Crippen LogP contribution in [0.2, 0.25) is 0 Å². The first-order valence-electron chi connectivity index (χ1n) is 6.55. The first kappa shape index (κ1) is 15.8. The summed E-state index contributed by atoms with van der Waals surface area (Å²) in [5, 5.41) is 11.2. The monoisotopic (exact) mass is 323 g/mol. The van der Waals surface area contributed by atoms with E-state index in [0.717, 1.165) is 22.4 Å². The third-order valence-corrected chi connectivity index (χ3v) is 4.56. The molecule has 0 bridgehead atoms. The third kappa shape index (κ3) is 3.19. The lowest BCUT2D eigenvalue weighted by Crippen LogP contribution is -2.49. The number of carboxylic acid groups (broad SMARTS) is 1. The van der Waals surface area contributed by atoms with Crippen molar-refractivity contribution < 1.29 is 14.7 Å². The summed E-state index contributed by atoms with van der Waals surface area (Å²) in [6.45, 7) is 1.85. The summed E-state index contributed by atoms with van der Waals surface area (Å²) in [7, 11) is 1.87. The van der Waals surface area contributed by atoms with Gasteiger partial charge in [0.2, 0.25) is 0 Å². The molecule has 0 aliphatic carbocycles. The average Bonchev–Trinajstić information content (AvgIpc) is 2.93. The Hall–Kier alpha value is -1.60. The topological polar surface area (TPSA) is 65.4 Å². The van der Waals surface area contributed by atoms with Gasteiger partial charge in [-0.25, -0.2) is 0 Å². The van der Waals surface area contributed by atoms with Crippen LogP contribution in [0.25, 0.3) is 6.08 Å². The number of hydrogen-bond acceptors (Lipinski definition) is 5. The van der Waals surface area contributed by atoms with Crippen LogP contribution in [0.15, 0.2) is 23.2 Å². The highest BCUT2D eigenvalue weighted by Crippen LogP contribution is 2.34. The molecule has 1 aromatic heterocycles. The highest BCUT2D eigenvalue weighted by molar-refractivity contribution is 8.26. The zero-order valence-corrected chi connectivity index (χ0v) is 13.4. The molecular formula is C14H15N2O3S2-. The maximum Gasteiger partial charge on any atom is 0.266 e. The van der Waals surface area contributed by atoms with E-state index in [2.05, 4.69) is 0 Å². The Kier molecular flexibility index (Phi) is 4.84. The summed E-state index contributed by atoms with van der Waals surface area (Å²) in [6, 6.07) is 2.74. The zero-order chi connectivity index (χ0) is 15.6. The van der Waals surface area contributed by atoms with Crippen LogP contribution >= 0.6 is 24.0 Å². The summed E-state index contributed by atoms with van der Waals surface area (Å²) in [5.41, 5.74) is 0.857. The Bertz CT molecular complexity index is 621. The van der Waals surface area contributed by atoms with E-state index in [4.69, 9.17) is 12.2 Å². The van der Waals surface area contributed by atoms with Crippen molar-refractivity contribution in [2.24, 2.45) is 7.05 Å². The highest BCUT2D eigenvalue weighted by atomic mass is 32.2. The van der Waals surface area contributed by atoms with E-state index in [-0.39, 0.29) is 10.2 Å². The normalized spacial score (nSPS) is 18.6. The van der Waals surface area contributed by atoms with Gasteiger partial charge in [-0.2, -0.15) is 0 Å². The van der Waals surface area contributed by atoms with Crippen LogP contribution in [-0.4, -0.2) is 31.7 Å². The summed E-state index contributed by atoms with van der Waals surface area (Å²) in [4.78, 5) is 25.3. The van der Waals surface area contributed by atoms with E-state index >= 15 is 0 Å². The first-order valence-corrected chi connectivity index (χ1v) is 7.77. The van der Waals surface area contributed by atoms with E-state index < -0.39 is 12.0 Å². The van der Waals surface area contributed by atoms with Crippen LogP contribution < -0.4 is 5.11 Å². The number of aromatic nitrogens is 1. The molecule has 7 heteroatoms. The molecule has 1 amide bonds. The van der Waals surface area contributed by atoms with Crippen LogP contribution in [0.5, 0.6) is 0 Å². The van der Waals surface area contributed by atoms with Crippen LogP contribution in [0, 0.1) is 0 Å². The minimum atomic E-state index is -1.27. The Morgan fingerprint density at radius 3 is 2.81 bits per heavy atom. The number of rotatable bonds is 5. The SMILES string of the molecule is CCC[C@@H](C(=O)[O-])N1C(=O)/C(=C/c2cccn2C)SC1=S. The fourth-order valence-electron chi connectivity index (χ4n) is 2.13. The second kappa shape index (κ2) is 6.44. The summed E-state index contributed by atoms with van der Waals surface area (Å²) >= 11 is 6.29. The van der Waals surface area contributed by atoms with Crippen molar-refractivity contribution in [2.45, 2.75) is 25.8 Å². The Morgan fingerprint density at radius 1 is 1.57 bits per heavy atom. The molecule has 1 aliphatic heterocycles. The van der Waals surface area contributed by atoms with Crippen molar-refractivity contribution in [3.05, 3.63) is 28.9 Å². The smallest absolute Gasteiger partial charge is 0.266 e. The van der Waals surface area contributed by atoms with Gasteiger partial charge >= 0.3 is 0 Å². The summed E-state index contributed by atoms with van der Waals surface area (Å²) < 4.78 is 2.14. The number of thiocarbonyl (C=S) groups is 1. The summed E-state index contributed by atoms with van der Waals surface area (Å²) in [5.74, 6) is -1.64. The standard InChI is InChI=1S/C14H16N2O3S2/c1-3-5-10(13(18)19)16-12(17)11(21-14(16)20)8-9-6-4-7-15(9)2/h4,6-8,10H,3,5H2,1-2H3,(H,18,19)/p-1/b11-8-/t10-/m0/s1. The fourth-order valence-corrected chi connectivity index (χ4v) is 3.47. The van der Waals surface area contributed by atoms with Gasteiger partial charge in [0.1, 0.15) is 4.32 Å². The van der Waals surface area contributed by atoms with E-state index in [1.807, 2.05) is 36.9 Å². The number of nitrogens with zero attached hydrogens (tertiary/aromatic N) is 2. The van der Waals surface area contributed by atoms with Crippen LogP contribution in [0.3, 0.4) is 0 Å². The molecule has 0 spiro atoms. The molecule has 5 nitrogen and oxygen atoms in total. The molecule has 2 rings (SSSR count). The van der Waals surface area contributed by atoms with E-state index in [9.17, 15) is 14.7 Å². The number of thioether (sulfide) groups is 1. The van der Waals surface area contributed by atoms with Crippen molar-refractivity contribution in [2.75, 3.05) is 0 Å². The number of aliphatic carboxylic acids is 1. The number of amides is 1. The number of carbonyl (C=O) groups is 2. The molecule has 1 atom stereocenters. The van der Waals surface area contributed by atoms with E-state index in [1.54, 1.807) is 6.08 Å². The summed E-state index contributed by atoms with van der Waals surface area (Å²) in [6.07, 6.45) is 4.55. The number of carbonyl (C=O) groups excluding carboxylic acids is 2. The van der Waals surface area contributed by atoms with Crippen LogP contribution in [-0.2, 0) is 16.6 Å². The molecule has 0 saturated carbocycles. The molecular weight excluding hydrogens is 308 g/mol. The van der Waals surface area contributed by atoms with Crippen molar-refractivity contribution in [3.8, 4) is 0 Å². The lowest BCUT2D eigenvalue weighted by Gasteiger charge is -2.27. The van der Waals surface area contributed by atoms with Gasteiger partial charge in [-0.3, -0.25) is 9.69 Å². The number of hydrogen-bond donors (Lipinski definition) is 0. The molecule has 0 N–H and O–H groups in total. The molecule has 0 unspecified atom stereocenters. The van der Waals surface area contributed by atoms with E-state index in [1.165, 1.54) is 0 Å². The molecule has 2 heterocycles. The maximum atomic E-state index is 12.4. The maximum absolute atomic E-state index is 12.4. The number of carboxylic acids is 1. The van der Waals surface area contributed by atoms with Gasteiger partial charge in [-0.05, 0) is 24.6 Å².